The van der Waals surface area contributed by atoms with Crippen LogP contribution >= 0.6 is 0 Å². The first kappa shape index (κ1) is 15.4. The number of likely N-dealkylation sites (N-methyl/N-ethyl adjacent to an activating group) is 1. The van der Waals surface area contributed by atoms with Gasteiger partial charge in [0.15, 0.2) is 0 Å². The number of carboxylic acids is 1. The van der Waals surface area contributed by atoms with Gasteiger partial charge >= 0.3 is 5.97 Å². The van der Waals surface area contributed by atoms with Gasteiger partial charge in [0.2, 0.25) is 10.0 Å². The monoisotopic (exact) mass is 279 g/mol. The van der Waals surface area contributed by atoms with Gasteiger partial charge in [0.25, 0.3) is 0 Å². The van der Waals surface area contributed by atoms with Crippen molar-refractivity contribution in [3.8, 4) is 0 Å². The van der Waals surface area contributed by atoms with Crippen molar-refractivity contribution in [1.82, 2.24) is 4.31 Å². The van der Waals surface area contributed by atoms with Gasteiger partial charge in [0.1, 0.15) is 0 Å². The predicted molar refractivity (Wildman–Crippen MR) is 66.8 cm³/mol. The largest absolute Gasteiger partial charge is 0.481 e. The topological polar surface area (TPSA) is 83.9 Å². The molecule has 1 saturated carbocycles. The van der Waals surface area contributed by atoms with Crippen LogP contribution in [-0.4, -0.2) is 55.9 Å². The molecule has 0 aromatic carbocycles. The lowest BCUT2D eigenvalue weighted by Gasteiger charge is -2.26. The fourth-order valence-electron chi connectivity index (χ4n) is 2.41. The molecule has 1 aliphatic rings. The lowest BCUT2D eigenvalue weighted by atomic mass is 10.1. The van der Waals surface area contributed by atoms with E-state index in [4.69, 9.17) is 9.84 Å². The molecule has 6 nitrogen and oxygen atoms in total. The minimum absolute atomic E-state index is 0.276. The highest BCUT2D eigenvalue weighted by Gasteiger charge is 2.43. The van der Waals surface area contributed by atoms with Crippen LogP contribution in [0.3, 0.4) is 0 Å². The van der Waals surface area contributed by atoms with Crippen LogP contribution < -0.4 is 0 Å². The molecule has 2 unspecified atom stereocenters. The zero-order valence-electron chi connectivity index (χ0n) is 10.8. The number of carboxylic acid groups (broad SMARTS) is 1. The third-order valence-electron chi connectivity index (χ3n) is 3.41. The van der Waals surface area contributed by atoms with Crippen molar-refractivity contribution in [3.63, 3.8) is 0 Å². The standard InChI is InChI=1S/C11H21NO5S/c1-3-12(7-8-17-2)18(15,16)10-6-4-5-9(10)11(13)14/h9-10H,3-8H2,1-2H3,(H,13,14). The summed E-state index contributed by atoms with van der Waals surface area (Å²) in [5, 5.41) is 8.28. The van der Waals surface area contributed by atoms with Gasteiger partial charge in [-0.2, -0.15) is 4.31 Å². The Morgan fingerprint density at radius 3 is 2.61 bits per heavy atom. The van der Waals surface area contributed by atoms with Crippen LogP contribution in [0, 0.1) is 5.92 Å². The zero-order valence-corrected chi connectivity index (χ0v) is 11.6. The number of ether oxygens (including phenoxy) is 1. The van der Waals surface area contributed by atoms with Crippen LogP contribution in [0.25, 0.3) is 0 Å². The summed E-state index contributed by atoms with van der Waals surface area (Å²) in [5.74, 6) is -1.78. The minimum atomic E-state index is -3.54. The van der Waals surface area contributed by atoms with Crippen molar-refractivity contribution in [2.75, 3.05) is 26.8 Å². The van der Waals surface area contributed by atoms with Gasteiger partial charge in [0, 0.05) is 20.2 Å². The van der Waals surface area contributed by atoms with Gasteiger partial charge in [-0.05, 0) is 12.8 Å². The average molecular weight is 279 g/mol. The van der Waals surface area contributed by atoms with E-state index in [9.17, 15) is 13.2 Å². The second-order valence-electron chi connectivity index (χ2n) is 4.44. The van der Waals surface area contributed by atoms with E-state index in [0.717, 1.165) is 0 Å². The Labute approximate surface area is 108 Å². The minimum Gasteiger partial charge on any atom is -0.481 e. The van der Waals surface area contributed by atoms with Gasteiger partial charge in [0.05, 0.1) is 17.8 Å². The smallest absolute Gasteiger partial charge is 0.307 e. The number of methoxy groups -OCH3 is 1. The van der Waals surface area contributed by atoms with Crippen molar-refractivity contribution >= 4 is 16.0 Å². The maximum atomic E-state index is 12.4. The number of sulfonamides is 1. The number of carbonyl (C=O) groups is 1. The van der Waals surface area contributed by atoms with Gasteiger partial charge in [-0.25, -0.2) is 8.42 Å². The first-order valence-electron chi connectivity index (χ1n) is 6.15. The number of hydrogen-bond acceptors (Lipinski definition) is 4. The van der Waals surface area contributed by atoms with Crippen LogP contribution in [0.5, 0.6) is 0 Å². The van der Waals surface area contributed by atoms with Gasteiger partial charge in [-0.3, -0.25) is 4.79 Å². The van der Waals surface area contributed by atoms with E-state index in [-0.39, 0.29) is 6.54 Å². The number of hydrogen-bond donors (Lipinski definition) is 1. The average Bonchev–Trinajstić information content (AvgIpc) is 2.79. The van der Waals surface area contributed by atoms with Gasteiger partial charge in [-0.1, -0.05) is 13.3 Å². The van der Waals surface area contributed by atoms with Crippen LogP contribution in [0.4, 0.5) is 0 Å². The Balaban J connectivity index is 2.86. The molecule has 1 fully saturated rings. The van der Waals surface area contributed by atoms with Crippen molar-refractivity contribution < 1.29 is 23.1 Å². The zero-order chi connectivity index (χ0) is 13.8. The third kappa shape index (κ3) is 3.21. The van der Waals surface area contributed by atoms with E-state index in [1.807, 2.05) is 0 Å². The molecule has 0 amide bonds. The van der Waals surface area contributed by atoms with Crippen molar-refractivity contribution in [2.24, 2.45) is 5.92 Å². The van der Waals surface area contributed by atoms with E-state index < -0.39 is 27.2 Å². The van der Waals surface area contributed by atoms with Crippen LogP contribution in [0.1, 0.15) is 26.2 Å². The highest BCUT2D eigenvalue weighted by molar-refractivity contribution is 7.89. The molecular formula is C11H21NO5S. The summed E-state index contributed by atoms with van der Waals surface area (Å²) in [5.41, 5.74) is 0. The molecule has 0 saturated heterocycles. The first-order valence-corrected chi connectivity index (χ1v) is 7.66. The predicted octanol–water partition coefficient (Wildman–Crippen LogP) is 0.538. The number of nitrogens with zero attached hydrogens (tertiary/aromatic N) is 1. The molecule has 1 N–H and O–H groups in total. The number of rotatable bonds is 7. The summed E-state index contributed by atoms with van der Waals surface area (Å²) in [7, 11) is -2.03. The van der Waals surface area contributed by atoms with Crippen molar-refractivity contribution in [1.29, 1.82) is 0 Å². The summed E-state index contributed by atoms with van der Waals surface area (Å²) in [6.07, 6.45) is 1.53. The highest BCUT2D eigenvalue weighted by Crippen LogP contribution is 2.33. The Morgan fingerprint density at radius 2 is 2.11 bits per heavy atom. The highest BCUT2D eigenvalue weighted by atomic mass is 32.2. The molecule has 0 aromatic heterocycles. The molecule has 0 aliphatic heterocycles. The van der Waals surface area contributed by atoms with Gasteiger partial charge < -0.3 is 9.84 Å². The van der Waals surface area contributed by atoms with E-state index in [2.05, 4.69) is 0 Å². The van der Waals surface area contributed by atoms with Crippen LogP contribution in [-0.2, 0) is 19.6 Å². The molecule has 0 spiro atoms. The Hall–Kier alpha value is -0.660. The molecule has 0 radical (unpaired) electrons. The maximum absolute atomic E-state index is 12.4. The normalized spacial score (nSPS) is 24.6. The van der Waals surface area contributed by atoms with Crippen molar-refractivity contribution in [2.45, 2.75) is 31.4 Å². The molecule has 1 rings (SSSR count). The molecule has 2 atom stereocenters. The molecule has 0 heterocycles. The molecule has 0 aromatic rings. The van der Waals surface area contributed by atoms with Gasteiger partial charge in [-0.15, -0.1) is 0 Å². The van der Waals surface area contributed by atoms with E-state index >= 15 is 0 Å². The summed E-state index contributed by atoms with van der Waals surface area (Å²) in [6.45, 7) is 2.68. The lowest BCUT2D eigenvalue weighted by Crippen LogP contribution is -2.43. The summed E-state index contributed by atoms with van der Waals surface area (Å²) >= 11 is 0. The van der Waals surface area contributed by atoms with Crippen LogP contribution in [0.2, 0.25) is 0 Å². The van der Waals surface area contributed by atoms with E-state index in [1.54, 1.807) is 6.92 Å². The Morgan fingerprint density at radius 1 is 1.44 bits per heavy atom. The third-order valence-corrected chi connectivity index (χ3v) is 5.90. The van der Waals surface area contributed by atoms with Crippen molar-refractivity contribution in [3.05, 3.63) is 0 Å². The Bertz CT molecular complexity index is 381. The Kier molecular flexibility index (Phi) is 5.55. The van der Waals surface area contributed by atoms with E-state index in [1.165, 1.54) is 11.4 Å². The summed E-state index contributed by atoms with van der Waals surface area (Å²) in [6, 6.07) is 0. The second-order valence-corrected chi connectivity index (χ2v) is 6.60. The quantitative estimate of drug-likeness (QED) is 0.735. The molecule has 1 aliphatic carbocycles. The summed E-state index contributed by atoms with van der Waals surface area (Å²) < 4.78 is 31.0. The molecule has 7 heteroatoms. The molecule has 106 valence electrons. The fraction of sp³-hybridized carbons (Fsp3) is 0.909. The molecule has 18 heavy (non-hydrogen) atoms. The van der Waals surface area contributed by atoms with Crippen LogP contribution in [0.15, 0.2) is 0 Å². The first-order chi connectivity index (χ1) is 8.45. The molecule has 0 bridgehead atoms. The fourth-order valence-corrected chi connectivity index (χ4v) is 4.62. The lowest BCUT2D eigenvalue weighted by molar-refractivity contribution is -0.141. The van der Waals surface area contributed by atoms with E-state index in [0.29, 0.717) is 32.4 Å². The molecular weight excluding hydrogens is 258 g/mol. The summed E-state index contributed by atoms with van der Waals surface area (Å²) in [4.78, 5) is 11.1. The maximum Gasteiger partial charge on any atom is 0.307 e. The SMILES string of the molecule is CCN(CCOC)S(=O)(=O)C1CCCC1C(=O)O. The number of aliphatic carboxylic acids is 1. The second kappa shape index (κ2) is 6.49.